The molecule has 1 heterocycles. The van der Waals surface area contributed by atoms with Gasteiger partial charge in [0.25, 0.3) is 0 Å². The summed E-state index contributed by atoms with van der Waals surface area (Å²) in [6, 6.07) is 3.81. The van der Waals surface area contributed by atoms with Crippen molar-refractivity contribution in [2.24, 2.45) is 0 Å². The third-order valence-corrected chi connectivity index (χ3v) is 2.46. The number of aliphatic hydroxyl groups excluding tert-OH is 1. The fourth-order valence-electron chi connectivity index (χ4n) is 1.34. The molecule has 0 aliphatic heterocycles. The van der Waals surface area contributed by atoms with Gasteiger partial charge in [0, 0.05) is 23.0 Å². The van der Waals surface area contributed by atoms with Crippen LogP contribution in [0.4, 0.5) is 4.39 Å². The van der Waals surface area contributed by atoms with Gasteiger partial charge in [-0.1, -0.05) is 11.6 Å². The summed E-state index contributed by atoms with van der Waals surface area (Å²) in [6.07, 6.45) is 3.28. The maximum Gasteiger partial charge on any atom is 0.124 e. The lowest BCUT2D eigenvalue weighted by atomic mass is 10.1. The highest BCUT2D eigenvalue weighted by molar-refractivity contribution is 6.31. The molecule has 0 saturated heterocycles. The molecule has 0 spiro atoms. The average Bonchev–Trinajstić information content (AvgIpc) is 2.32. The molecular formula is C11H8ClFN2O. The van der Waals surface area contributed by atoms with Crippen molar-refractivity contribution in [2.75, 3.05) is 0 Å². The van der Waals surface area contributed by atoms with Gasteiger partial charge >= 0.3 is 0 Å². The number of aromatic nitrogens is 2. The maximum atomic E-state index is 13.0. The Morgan fingerprint density at radius 3 is 2.81 bits per heavy atom. The monoisotopic (exact) mass is 238 g/mol. The smallest absolute Gasteiger partial charge is 0.124 e. The highest BCUT2D eigenvalue weighted by Gasteiger charge is 2.15. The molecule has 0 saturated carbocycles. The van der Waals surface area contributed by atoms with Crippen LogP contribution in [0.1, 0.15) is 17.4 Å². The Hall–Kier alpha value is -1.52. The molecule has 0 aliphatic carbocycles. The second-order valence-electron chi connectivity index (χ2n) is 3.20. The first-order valence-electron chi connectivity index (χ1n) is 4.57. The van der Waals surface area contributed by atoms with Gasteiger partial charge in [-0.2, -0.15) is 0 Å². The van der Waals surface area contributed by atoms with Crippen LogP contribution in [-0.4, -0.2) is 15.1 Å². The van der Waals surface area contributed by atoms with Crippen LogP contribution in [0.2, 0.25) is 5.02 Å². The van der Waals surface area contributed by atoms with Gasteiger partial charge in [-0.05, 0) is 18.2 Å². The Morgan fingerprint density at radius 1 is 1.31 bits per heavy atom. The van der Waals surface area contributed by atoms with E-state index in [1.54, 1.807) is 0 Å². The molecule has 1 aromatic heterocycles. The number of rotatable bonds is 2. The number of nitrogens with zero attached hydrogens (tertiary/aromatic N) is 2. The quantitative estimate of drug-likeness (QED) is 0.874. The molecule has 2 aromatic rings. The first-order valence-corrected chi connectivity index (χ1v) is 4.95. The molecule has 2 rings (SSSR count). The number of halogens is 2. The fourth-order valence-corrected chi connectivity index (χ4v) is 1.56. The molecular weight excluding hydrogens is 231 g/mol. The summed E-state index contributed by atoms with van der Waals surface area (Å²) >= 11 is 5.87. The third kappa shape index (κ3) is 2.18. The summed E-state index contributed by atoms with van der Waals surface area (Å²) in [5.74, 6) is -0.456. The number of hydrogen-bond donors (Lipinski definition) is 1. The summed E-state index contributed by atoms with van der Waals surface area (Å²) in [4.78, 5) is 7.76. The van der Waals surface area contributed by atoms with Crippen LogP contribution in [0, 0.1) is 5.82 Å². The molecule has 0 fully saturated rings. The Morgan fingerprint density at radius 2 is 2.12 bits per heavy atom. The van der Waals surface area contributed by atoms with Crippen LogP contribution in [0.15, 0.2) is 36.8 Å². The van der Waals surface area contributed by atoms with Gasteiger partial charge in [0.2, 0.25) is 0 Å². The van der Waals surface area contributed by atoms with Crippen molar-refractivity contribution in [3.05, 3.63) is 58.9 Å². The molecule has 3 nitrogen and oxygen atoms in total. The van der Waals surface area contributed by atoms with E-state index in [4.69, 9.17) is 11.6 Å². The number of benzene rings is 1. The van der Waals surface area contributed by atoms with Gasteiger partial charge in [-0.25, -0.2) is 4.39 Å². The Balaban J connectivity index is 2.41. The van der Waals surface area contributed by atoms with Crippen LogP contribution in [-0.2, 0) is 0 Å². The van der Waals surface area contributed by atoms with Crippen LogP contribution in [0.5, 0.6) is 0 Å². The van der Waals surface area contributed by atoms with Crippen molar-refractivity contribution in [3.63, 3.8) is 0 Å². The van der Waals surface area contributed by atoms with Crippen molar-refractivity contribution >= 4 is 11.6 Å². The molecule has 1 atom stereocenters. The van der Waals surface area contributed by atoms with Gasteiger partial charge in [0.05, 0.1) is 11.9 Å². The lowest BCUT2D eigenvalue weighted by Crippen LogP contribution is -2.03. The van der Waals surface area contributed by atoms with Gasteiger partial charge in [0.15, 0.2) is 0 Å². The van der Waals surface area contributed by atoms with E-state index >= 15 is 0 Å². The minimum absolute atomic E-state index is 0.280. The average molecular weight is 239 g/mol. The fraction of sp³-hybridized carbons (Fsp3) is 0.0909. The summed E-state index contributed by atoms with van der Waals surface area (Å²) in [6.45, 7) is 0. The van der Waals surface area contributed by atoms with Gasteiger partial charge < -0.3 is 5.11 Å². The summed E-state index contributed by atoms with van der Waals surface area (Å²) in [5.41, 5.74) is 0.608. The SMILES string of the molecule is OC(c1cnccn1)c1cc(F)ccc1Cl. The highest BCUT2D eigenvalue weighted by atomic mass is 35.5. The van der Waals surface area contributed by atoms with Crippen molar-refractivity contribution in [1.82, 2.24) is 9.97 Å². The van der Waals surface area contributed by atoms with Crippen LogP contribution < -0.4 is 0 Å². The zero-order valence-electron chi connectivity index (χ0n) is 8.14. The minimum atomic E-state index is -1.07. The summed E-state index contributed by atoms with van der Waals surface area (Å²) in [7, 11) is 0. The van der Waals surface area contributed by atoms with E-state index in [0.717, 1.165) is 0 Å². The van der Waals surface area contributed by atoms with E-state index in [1.165, 1.54) is 36.8 Å². The largest absolute Gasteiger partial charge is 0.382 e. The van der Waals surface area contributed by atoms with E-state index in [0.29, 0.717) is 10.7 Å². The zero-order valence-corrected chi connectivity index (χ0v) is 8.89. The van der Waals surface area contributed by atoms with Gasteiger partial charge in [-0.3, -0.25) is 9.97 Å². The third-order valence-electron chi connectivity index (χ3n) is 2.12. The maximum absolute atomic E-state index is 13.0. The summed E-state index contributed by atoms with van der Waals surface area (Å²) < 4.78 is 13.0. The second kappa shape index (κ2) is 4.55. The van der Waals surface area contributed by atoms with E-state index in [2.05, 4.69) is 9.97 Å². The van der Waals surface area contributed by atoms with Crippen LogP contribution in [0.3, 0.4) is 0 Å². The standard InChI is InChI=1S/C11H8ClFN2O/c12-9-2-1-7(13)5-8(9)11(16)10-6-14-3-4-15-10/h1-6,11,16H. The predicted octanol–water partition coefficient (Wildman–Crippen LogP) is 2.35. The van der Waals surface area contributed by atoms with E-state index in [9.17, 15) is 9.50 Å². The predicted molar refractivity (Wildman–Crippen MR) is 57.5 cm³/mol. The van der Waals surface area contributed by atoms with E-state index in [1.807, 2.05) is 0 Å². The van der Waals surface area contributed by atoms with Crippen molar-refractivity contribution < 1.29 is 9.50 Å². The van der Waals surface area contributed by atoms with Crippen molar-refractivity contribution in [2.45, 2.75) is 6.10 Å². The molecule has 82 valence electrons. The van der Waals surface area contributed by atoms with E-state index in [-0.39, 0.29) is 5.56 Å². The first kappa shape index (κ1) is 11.0. The Bertz CT molecular complexity index is 493. The molecule has 0 bridgehead atoms. The molecule has 16 heavy (non-hydrogen) atoms. The molecule has 1 N–H and O–H groups in total. The van der Waals surface area contributed by atoms with Gasteiger partial charge in [0.1, 0.15) is 11.9 Å². The van der Waals surface area contributed by atoms with Crippen LogP contribution in [0.25, 0.3) is 0 Å². The molecule has 1 aromatic carbocycles. The lowest BCUT2D eigenvalue weighted by molar-refractivity contribution is 0.214. The Kier molecular flexibility index (Phi) is 3.12. The van der Waals surface area contributed by atoms with Gasteiger partial charge in [-0.15, -0.1) is 0 Å². The van der Waals surface area contributed by atoms with Crippen molar-refractivity contribution in [1.29, 1.82) is 0 Å². The molecule has 0 radical (unpaired) electrons. The Labute approximate surface area is 96.6 Å². The lowest BCUT2D eigenvalue weighted by Gasteiger charge is -2.11. The second-order valence-corrected chi connectivity index (χ2v) is 3.61. The topological polar surface area (TPSA) is 46.0 Å². The molecule has 0 aliphatic rings. The summed E-state index contributed by atoms with van der Waals surface area (Å²) in [5, 5.41) is 10.2. The minimum Gasteiger partial charge on any atom is -0.382 e. The highest BCUT2D eigenvalue weighted by Crippen LogP contribution is 2.27. The van der Waals surface area contributed by atoms with Crippen molar-refractivity contribution in [3.8, 4) is 0 Å². The normalized spacial score (nSPS) is 12.4. The molecule has 0 amide bonds. The molecule has 1 unspecified atom stereocenters. The first-order chi connectivity index (χ1) is 7.68. The number of hydrogen-bond acceptors (Lipinski definition) is 3. The van der Waals surface area contributed by atoms with Crippen LogP contribution >= 0.6 is 11.6 Å². The molecule has 5 heteroatoms. The zero-order chi connectivity index (χ0) is 11.5. The number of aliphatic hydroxyl groups is 1. The van der Waals surface area contributed by atoms with E-state index < -0.39 is 11.9 Å².